The maximum Gasteiger partial charge on any atom is 0.119 e. The summed E-state index contributed by atoms with van der Waals surface area (Å²) in [5.74, 6) is 1.30. The van der Waals surface area contributed by atoms with Crippen LogP contribution in [0.1, 0.15) is 42.0 Å². The predicted octanol–water partition coefficient (Wildman–Crippen LogP) is 7.45. The van der Waals surface area contributed by atoms with Crippen LogP contribution in [0.5, 0.6) is 5.75 Å². The quantitative estimate of drug-likeness (QED) is 0.312. The highest BCUT2D eigenvalue weighted by Gasteiger charge is 2.18. The molecule has 5 rings (SSSR count). The Morgan fingerprint density at radius 1 is 0.793 bits per heavy atom. The molecule has 0 aliphatic carbocycles. The first kappa shape index (κ1) is 18.3. The van der Waals surface area contributed by atoms with Gasteiger partial charge < -0.3 is 4.74 Å². The minimum absolute atomic E-state index is 0.360. The third-order valence-electron chi connectivity index (χ3n) is 5.80. The lowest BCUT2D eigenvalue weighted by molar-refractivity contribution is 0.341. The Morgan fingerprint density at radius 2 is 1.52 bits per heavy atom. The molecule has 1 unspecified atom stereocenters. The molecule has 1 atom stereocenters. The van der Waals surface area contributed by atoms with Crippen LogP contribution in [0.25, 0.3) is 10.8 Å². The monoisotopic (exact) mass is 396 g/mol. The van der Waals surface area contributed by atoms with Crippen LogP contribution in [0.15, 0.2) is 88.7 Å². The van der Waals surface area contributed by atoms with Gasteiger partial charge in [-0.1, -0.05) is 73.3 Å². The van der Waals surface area contributed by atoms with Crippen LogP contribution < -0.4 is 4.74 Å². The summed E-state index contributed by atoms with van der Waals surface area (Å²) in [6.45, 7) is 5.02. The van der Waals surface area contributed by atoms with Crippen molar-refractivity contribution < 1.29 is 4.74 Å². The first-order valence-corrected chi connectivity index (χ1v) is 11.1. The zero-order valence-electron chi connectivity index (χ0n) is 16.8. The summed E-state index contributed by atoms with van der Waals surface area (Å²) >= 11 is 1.89. The molecular weight excluding hydrogens is 372 g/mol. The topological polar surface area (TPSA) is 9.23 Å². The number of hydrogen-bond acceptors (Lipinski definition) is 2. The van der Waals surface area contributed by atoms with Gasteiger partial charge in [-0.2, -0.15) is 0 Å². The molecule has 144 valence electrons. The highest BCUT2D eigenvalue weighted by Crippen LogP contribution is 2.41. The molecule has 0 spiro atoms. The Labute approximate surface area is 176 Å². The minimum atomic E-state index is 0.360. The Balaban J connectivity index is 1.45. The lowest BCUT2D eigenvalue weighted by Gasteiger charge is -2.21. The van der Waals surface area contributed by atoms with E-state index < -0.39 is 0 Å². The van der Waals surface area contributed by atoms with E-state index in [1.54, 1.807) is 0 Å². The minimum Gasteiger partial charge on any atom is -0.494 e. The Kier molecular flexibility index (Phi) is 4.81. The molecule has 0 amide bonds. The van der Waals surface area contributed by atoms with Gasteiger partial charge in [-0.05, 0) is 70.6 Å². The van der Waals surface area contributed by atoms with Crippen molar-refractivity contribution in [1.29, 1.82) is 0 Å². The van der Waals surface area contributed by atoms with Crippen molar-refractivity contribution in [3.8, 4) is 5.75 Å². The molecule has 1 aliphatic rings. The van der Waals surface area contributed by atoms with Crippen molar-refractivity contribution in [2.24, 2.45) is 0 Å². The van der Waals surface area contributed by atoms with Gasteiger partial charge in [0.15, 0.2) is 0 Å². The molecule has 0 saturated carbocycles. The second-order valence-corrected chi connectivity index (χ2v) is 8.76. The fourth-order valence-electron chi connectivity index (χ4n) is 4.14. The van der Waals surface area contributed by atoms with Crippen LogP contribution in [0, 0.1) is 0 Å². The molecule has 0 fully saturated rings. The van der Waals surface area contributed by atoms with E-state index in [1.165, 1.54) is 42.8 Å². The summed E-state index contributed by atoms with van der Waals surface area (Å²) in [6.07, 6.45) is 1.02. The van der Waals surface area contributed by atoms with E-state index >= 15 is 0 Å². The van der Waals surface area contributed by atoms with Crippen molar-refractivity contribution in [2.45, 2.75) is 36.0 Å². The van der Waals surface area contributed by atoms with Crippen LogP contribution in [0.3, 0.4) is 0 Å². The third kappa shape index (κ3) is 3.54. The van der Waals surface area contributed by atoms with Crippen molar-refractivity contribution in [3.05, 3.63) is 101 Å². The lowest BCUT2D eigenvalue weighted by atomic mass is 9.89. The molecule has 1 nitrogen and oxygen atoms in total. The molecule has 29 heavy (non-hydrogen) atoms. The second-order valence-electron chi connectivity index (χ2n) is 7.68. The predicted molar refractivity (Wildman–Crippen MR) is 122 cm³/mol. The SMILES string of the molecule is CCOc1ccc2cc(C(C)c3ccc4c(c3)Cc3ccccc3S4)ccc2c1. The first-order valence-electron chi connectivity index (χ1n) is 10.3. The van der Waals surface area contributed by atoms with Gasteiger partial charge in [0, 0.05) is 15.7 Å². The normalized spacial score (nSPS) is 13.6. The van der Waals surface area contributed by atoms with E-state index in [9.17, 15) is 0 Å². The van der Waals surface area contributed by atoms with E-state index in [0.717, 1.165) is 12.2 Å². The number of fused-ring (bicyclic) bond motifs is 3. The summed E-state index contributed by atoms with van der Waals surface area (Å²) in [5, 5.41) is 2.49. The highest BCUT2D eigenvalue weighted by atomic mass is 32.2. The number of rotatable bonds is 4. The number of ether oxygens (including phenoxy) is 1. The fraction of sp³-hybridized carbons (Fsp3) is 0.185. The molecule has 0 N–H and O–H groups in total. The summed E-state index contributed by atoms with van der Waals surface area (Å²) < 4.78 is 5.64. The average Bonchev–Trinajstić information content (AvgIpc) is 2.76. The molecule has 0 saturated heterocycles. The van der Waals surface area contributed by atoms with Crippen LogP contribution in [-0.4, -0.2) is 6.61 Å². The number of hydrogen-bond donors (Lipinski definition) is 0. The molecule has 0 bridgehead atoms. The smallest absolute Gasteiger partial charge is 0.119 e. The Hall–Kier alpha value is -2.71. The van der Waals surface area contributed by atoms with E-state index in [1.807, 2.05) is 18.7 Å². The van der Waals surface area contributed by atoms with Crippen LogP contribution in [0.2, 0.25) is 0 Å². The van der Waals surface area contributed by atoms with Crippen LogP contribution in [-0.2, 0) is 6.42 Å². The lowest BCUT2D eigenvalue weighted by Crippen LogP contribution is -2.03. The van der Waals surface area contributed by atoms with Crippen molar-refractivity contribution >= 4 is 22.5 Å². The van der Waals surface area contributed by atoms with E-state index in [-0.39, 0.29) is 0 Å². The third-order valence-corrected chi connectivity index (χ3v) is 7.04. The van der Waals surface area contributed by atoms with Gasteiger partial charge in [0.05, 0.1) is 6.61 Å². The van der Waals surface area contributed by atoms with E-state index in [2.05, 4.69) is 85.8 Å². The summed E-state index contributed by atoms with van der Waals surface area (Å²) in [6, 6.07) is 28.9. The van der Waals surface area contributed by atoms with Gasteiger partial charge >= 0.3 is 0 Å². The maximum absolute atomic E-state index is 5.64. The molecule has 4 aromatic rings. The standard InChI is InChI=1S/C27H24OS/c1-3-28-25-12-10-21-14-19(8-9-22(21)17-25)18(2)20-11-13-27-24(15-20)16-23-6-4-5-7-26(23)29-27/h4-15,17-18H,3,16H2,1-2H3. The van der Waals surface area contributed by atoms with E-state index in [0.29, 0.717) is 12.5 Å². The summed E-state index contributed by atoms with van der Waals surface area (Å²) in [5.41, 5.74) is 5.62. The van der Waals surface area contributed by atoms with Gasteiger partial charge in [-0.3, -0.25) is 0 Å². The molecule has 2 heteroatoms. The average molecular weight is 397 g/mol. The van der Waals surface area contributed by atoms with Crippen LogP contribution in [0.4, 0.5) is 0 Å². The fourth-order valence-corrected chi connectivity index (χ4v) is 5.19. The molecule has 0 radical (unpaired) electrons. The molecular formula is C27H24OS. The molecule has 1 heterocycles. The van der Waals surface area contributed by atoms with E-state index in [4.69, 9.17) is 4.74 Å². The molecule has 0 aromatic heterocycles. The zero-order chi connectivity index (χ0) is 19.8. The summed E-state index contributed by atoms with van der Waals surface area (Å²) in [4.78, 5) is 2.78. The van der Waals surface area contributed by atoms with Gasteiger partial charge in [-0.25, -0.2) is 0 Å². The maximum atomic E-state index is 5.64. The van der Waals surface area contributed by atoms with Gasteiger partial charge in [0.1, 0.15) is 5.75 Å². The second kappa shape index (κ2) is 7.61. The van der Waals surface area contributed by atoms with Crippen molar-refractivity contribution in [2.75, 3.05) is 6.61 Å². The van der Waals surface area contributed by atoms with Crippen molar-refractivity contribution in [1.82, 2.24) is 0 Å². The summed E-state index contributed by atoms with van der Waals surface area (Å²) in [7, 11) is 0. The van der Waals surface area contributed by atoms with Crippen LogP contribution >= 0.6 is 11.8 Å². The van der Waals surface area contributed by atoms with Gasteiger partial charge in [0.2, 0.25) is 0 Å². The van der Waals surface area contributed by atoms with Gasteiger partial charge in [0.25, 0.3) is 0 Å². The largest absolute Gasteiger partial charge is 0.494 e. The molecule has 1 aliphatic heterocycles. The Morgan fingerprint density at radius 3 is 2.41 bits per heavy atom. The Bertz CT molecular complexity index is 1190. The highest BCUT2D eigenvalue weighted by molar-refractivity contribution is 7.99. The van der Waals surface area contributed by atoms with Crippen molar-refractivity contribution in [3.63, 3.8) is 0 Å². The van der Waals surface area contributed by atoms with Gasteiger partial charge in [-0.15, -0.1) is 0 Å². The zero-order valence-corrected chi connectivity index (χ0v) is 17.6. The molecule has 4 aromatic carbocycles. The number of benzene rings is 4. The first-order chi connectivity index (χ1) is 14.2.